The number of hydrogen-bond donors (Lipinski definition) is 2. The Hall–Kier alpha value is -2.36. The van der Waals surface area contributed by atoms with Crippen molar-refractivity contribution in [3.05, 3.63) is 61.9 Å². The van der Waals surface area contributed by atoms with Crippen molar-refractivity contribution in [1.82, 2.24) is 19.4 Å². The van der Waals surface area contributed by atoms with Gasteiger partial charge in [-0.3, -0.25) is 24.0 Å². The maximum absolute atomic E-state index is 12.3. The summed E-state index contributed by atoms with van der Waals surface area (Å²) in [6.45, 7) is 4.74. The highest BCUT2D eigenvalue weighted by Gasteiger charge is 2.19. The van der Waals surface area contributed by atoms with Crippen LogP contribution in [0, 0.1) is 0 Å². The van der Waals surface area contributed by atoms with E-state index in [2.05, 4.69) is 27.1 Å². The number of rotatable bonds is 6. The second kappa shape index (κ2) is 9.84. The van der Waals surface area contributed by atoms with E-state index >= 15 is 0 Å². The molecule has 8 nitrogen and oxygen atoms in total. The van der Waals surface area contributed by atoms with Crippen LogP contribution in [0.2, 0.25) is 0 Å². The first-order valence-electron chi connectivity index (χ1n) is 10.7. The molecule has 166 valence electrons. The van der Waals surface area contributed by atoms with Crippen LogP contribution in [0.3, 0.4) is 0 Å². The number of piperazine rings is 1. The third-order valence-electron chi connectivity index (χ3n) is 5.97. The van der Waals surface area contributed by atoms with Crippen molar-refractivity contribution in [2.24, 2.45) is 0 Å². The first-order valence-corrected chi connectivity index (χ1v) is 11.9. The van der Waals surface area contributed by atoms with Crippen LogP contribution in [-0.2, 0) is 29.9 Å². The predicted molar refractivity (Wildman–Crippen MR) is 124 cm³/mol. The number of anilines is 1. The standard InChI is InChI=1S/C22H29N5O3S/c1-25-9-11-26(12-10-25)14-20(28)23-17-4-2-16(3-5-17)6-8-27-19-7-13-31-15-18(19)21(29)24-22(27)30/h2-5H,6-15H2,1H3,(H,23,28)(H,24,29,30). The Morgan fingerprint density at radius 1 is 1.13 bits per heavy atom. The van der Waals surface area contributed by atoms with Crippen LogP contribution in [0.1, 0.15) is 16.8 Å². The lowest BCUT2D eigenvalue weighted by molar-refractivity contribution is -0.117. The second-order valence-corrected chi connectivity index (χ2v) is 9.32. The maximum atomic E-state index is 12.3. The number of aryl methyl sites for hydroxylation is 1. The number of aromatic nitrogens is 2. The van der Waals surface area contributed by atoms with Gasteiger partial charge >= 0.3 is 5.69 Å². The molecule has 1 amide bonds. The number of nitrogens with one attached hydrogen (secondary N) is 2. The Bertz CT molecular complexity index is 1040. The topological polar surface area (TPSA) is 90.4 Å². The van der Waals surface area contributed by atoms with Gasteiger partial charge in [0.2, 0.25) is 5.91 Å². The number of carbonyl (C=O) groups is 1. The summed E-state index contributed by atoms with van der Waals surface area (Å²) < 4.78 is 1.71. The van der Waals surface area contributed by atoms with Crippen molar-refractivity contribution >= 4 is 23.4 Å². The van der Waals surface area contributed by atoms with Crippen molar-refractivity contribution in [2.75, 3.05) is 50.8 Å². The van der Waals surface area contributed by atoms with E-state index in [4.69, 9.17) is 0 Å². The summed E-state index contributed by atoms with van der Waals surface area (Å²) >= 11 is 1.72. The van der Waals surface area contributed by atoms with E-state index in [1.807, 2.05) is 24.3 Å². The molecule has 0 spiro atoms. The van der Waals surface area contributed by atoms with Crippen molar-refractivity contribution in [1.29, 1.82) is 0 Å². The third kappa shape index (κ3) is 5.47. The van der Waals surface area contributed by atoms with E-state index in [0.29, 0.717) is 25.3 Å². The minimum absolute atomic E-state index is 0.00147. The molecule has 0 unspecified atom stereocenters. The largest absolute Gasteiger partial charge is 0.328 e. The minimum Gasteiger partial charge on any atom is -0.325 e. The fraction of sp³-hybridized carbons (Fsp3) is 0.500. The van der Waals surface area contributed by atoms with Gasteiger partial charge in [0.15, 0.2) is 0 Å². The molecule has 2 aliphatic rings. The molecular weight excluding hydrogens is 414 g/mol. The highest BCUT2D eigenvalue weighted by atomic mass is 32.2. The van der Waals surface area contributed by atoms with Gasteiger partial charge in [-0.1, -0.05) is 12.1 Å². The highest BCUT2D eigenvalue weighted by Crippen LogP contribution is 2.21. The second-order valence-electron chi connectivity index (χ2n) is 8.21. The number of hydrogen-bond acceptors (Lipinski definition) is 6. The SMILES string of the molecule is CN1CCN(CC(=O)Nc2ccc(CCn3c4c(c(=O)[nH]c3=O)CSCC4)cc2)CC1. The first-order chi connectivity index (χ1) is 15.0. The van der Waals surface area contributed by atoms with Gasteiger partial charge in [0.1, 0.15) is 0 Å². The zero-order valence-electron chi connectivity index (χ0n) is 17.9. The van der Waals surface area contributed by atoms with Crippen LogP contribution < -0.4 is 16.6 Å². The Balaban J connectivity index is 1.34. The van der Waals surface area contributed by atoms with E-state index < -0.39 is 0 Å². The normalized spacial score (nSPS) is 17.3. The zero-order chi connectivity index (χ0) is 21.8. The molecule has 31 heavy (non-hydrogen) atoms. The Morgan fingerprint density at radius 2 is 1.87 bits per heavy atom. The summed E-state index contributed by atoms with van der Waals surface area (Å²) in [4.78, 5) is 43.6. The zero-order valence-corrected chi connectivity index (χ0v) is 18.7. The van der Waals surface area contributed by atoms with E-state index in [9.17, 15) is 14.4 Å². The lowest BCUT2D eigenvalue weighted by Crippen LogP contribution is -2.47. The predicted octanol–water partition coefficient (Wildman–Crippen LogP) is 0.755. The van der Waals surface area contributed by atoms with Gasteiger partial charge in [-0.15, -0.1) is 0 Å². The van der Waals surface area contributed by atoms with Crippen LogP contribution in [-0.4, -0.2) is 70.8 Å². The summed E-state index contributed by atoms with van der Waals surface area (Å²) in [5.74, 6) is 1.59. The molecule has 3 heterocycles. The van der Waals surface area contributed by atoms with E-state index in [1.165, 1.54) is 0 Å². The summed E-state index contributed by atoms with van der Waals surface area (Å²) in [6.07, 6.45) is 1.43. The number of nitrogens with zero attached hydrogens (tertiary/aromatic N) is 3. The summed E-state index contributed by atoms with van der Waals surface area (Å²) in [7, 11) is 2.10. The van der Waals surface area contributed by atoms with E-state index in [0.717, 1.165) is 60.9 Å². The van der Waals surface area contributed by atoms with Gasteiger partial charge in [0, 0.05) is 55.4 Å². The van der Waals surface area contributed by atoms with Crippen LogP contribution in [0.15, 0.2) is 33.9 Å². The van der Waals surface area contributed by atoms with Crippen molar-refractivity contribution in [3.8, 4) is 0 Å². The monoisotopic (exact) mass is 443 g/mol. The Kier molecular flexibility index (Phi) is 6.94. The molecule has 2 aliphatic heterocycles. The molecule has 0 atom stereocenters. The molecule has 2 aromatic rings. The number of fused-ring (bicyclic) bond motifs is 1. The van der Waals surface area contributed by atoms with Crippen molar-refractivity contribution < 1.29 is 4.79 Å². The number of H-pyrrole nitrogens is 1. The Labute approximate surface area is 185 Å². The highest BCUT2D eigenvalue weighted by molar-refractivity contribution is 7.98. The van der Waals surface area contributed by atoms with Crippen LogP contribution in [0.5, 0.6) is 0 Å². The molecule has 0 bridgehead atoms. The Morgan fingerprint density at radius 3 is 2.61 bits per heavy atom. The summed E-state index contributed by atoms with van der Waals surface area (Å²) in [5.41, 5.74) is 2.88. The van der Waals surface area contributed by atoms with E-state index in [1.54, 1.807) is 16.3 Å². The smallest absolute Gasteiger partial charge is 0.325 e. The minimum atomic E-state index is -0.330. The van der Waals surface area contributed by atoms with Crippen LogP contribution in [0.25, 0.3) is 0 Å². The summed E-state index contributed by atoms with van der Waals surface area (Å²) in [6, 6.07) is 7.76. The van der Waals surface area contributed by atoms with Gasteiger partial charge in [-0.25, -0.2) is 4.79 Å². The van der Waals surface area contributed by atoms with Gasteiger partial charge in [0.25, 0.3) is 5.56 Å². The molecule has 0 radical (unpaired) electrons. The number of benzene rings is 1. The van der Waals surface area contributed by atoms with Crippen LogP contribution >= 0.6 is 11.8 Å². The molecular formula is C22H29N5O3S. The van der Waals surface area contributed by atoms with E-state index in [-0.39, 0.29) is 17.2 Å². The fourth-order valence-electron chi connectivity index (χ4n) is 4.08. The fourth-order valence-corrected chi connectivity index (χ4v) is 5.06. The number of likely N-dealkylation sites (N-methyl/N-ethyl adjacent to an activating group) is 1. The third-order valence-corrected chi connectivity index (χ3v) is 6.95. The molecule has 0 saturated carbocycles. The number of thioether (sulfide) groups is 1. The number of aromatic amines is 1. The maximum Gasteiger partial charge on any atom is 0.328 e. The average Bonchev–Trinajstić information content (AvgIpc) is 2.76. The lowest BCUT2D eigenvalue weighted by atomic mass is 10.1. The van der Waals surface area contributed by atoms with Crippen molar-refractivity contribution in [2.45, 2.75) is 25.1 Å². The number of carbonyl (C=O) groups excluding carboxylic acids is 1. The molecule has 0 aliphatic carbocycles. The average molecular weight is 444 g/mol. The van der Waals surface area contributed by atoms with Crippen LogP contribution in [0.4, 0.5) is 5.69 Å². The van der Waals surface area contributed by atoms with Gasteiger partial charge in [-0.2, -0.15) is 11.8 Å². The first kappa shape index (κ1) is 21.9. The van der Waals surface area contributed by atoms with Gasteiger partial charge < -0.3 is 10.2 Å². The van der Waals surface area contributed by atoms with Gasteiger partial charge in [0.05, 0.1) is 6.54 Å². The molecule has 1 fully saturated rings. The van der Waals surface area contributed by atoms with Gasteiger partial charge in [-0.05, 0) is 43.3 Å². The molecule has 2 N–H and O–H groups in total. The molecule has 1 aromatic carbocycles. The molecule has 1 aromatic heterocycles. The molecule has 1 saturated heterocycles. The number of amides is 1. The summed E-state index contributed by atoms with van der Waals surface area (Å²) in [5, 5.41) is 2.97. The van der Waals surface area contributed by atoms with Crippen molar-refractivity contribution in [3.63, 3.8) is 0 Å². The molecule has 9 heteroatoms. The lowest BCUT2D eigenvalue weighted by Gasteiger charge is -2.31. The molecule has 4 rings (SSSR count). The quantitative estimate of drug-likeness (QED) is 0.685.